The highest BCUT2D eigenvalue weighted by atomic mass is 35.5. The summed E-state index contributed by atoms with van der Waals surface area (Å²) >= 11 is 13.6. The monoisotopic (exact) mass is 483 g/mol. The zero-order chi connectivity index (χ0) is 22.6. The molecule has 0 saturated carbocycles. The summed E-state index contributed by atoms with van der Waals surface area (Å²) in [6, 6.07) is 7.58. The maximum atomic E-state index is 12.8. The second-order valence-corrected chi connectivity index (χ2v) is 8.65. The van der Waals surface area contributed by atoms with Crippen LogP contribution in [0.4, 0.5) is 0 Å². The molecule has 0 bridgehead atoms. The van der Waals surface area contributed by atoms with Crippen LogP contribution in [-0.2, 0) is 11.3 Å². The number of hydrogen-bond donors (Lipinski definition) is 2. The number of benzene rings is 1. The molecule has 1 atom stereocenters. The van der Waals surface area contributed by atoms with Gasteiger partial charge in [-0.2, -0.15) is 11.8 Å². The Morgan fingerprint density at radius 2 is 2.06 bits per heavy atom. The molecule has 0 aliphatic rings. The summed E-state index contributed by atoms with van der Waals surface area (Å²) in [7, 11) is 0. The van der Waals surface area contributed by atoms with Crippen LogP contribution in [0, 0.1) is 0 Å². The van der Waals surface area contributed by atoms with Gasteiger partial charge in [-0.1, -0.05) is 42.6 Å². The second kappa shape index (κ2) is 13.5. The number of rotatable bonds is 12. The van der Waals surface area contributed by atoms with Gasteiger partial charge >= 0.3 is 0 Å². The average Bonchev–Trinajstić information content (AvgIpc) is 2.75. The standard InChI is InChI=1S/C22H27Cl2N3O3S/c1-3-4-11-30-22-15(6-5-10-25-22)14-26-21(29)19(9-12-31-2)27-20(28)17-8-7-16(23)13-18(17)24/h5-8,10,13,19H,3-4,9,11-12,14H2,1-2H3,(H,26,29)(H,27,28). The van der Waals surface area contributed by atoms with E-state index in [-0.39, 0.29) is 23.0 Å². The fourth-order valence-electron chi connectivity index (χ4n) is 2.72. The van der Waals surface area contributed by atoms with Crippen LogP contribution in [0.2, 0.25) is 10.0 Å². The Bertz CT molecular complexity index is 883. The third-order valence-electron chi connectivity index (χ3n) is 4.45. The number of halogens is 2. The van der Waals surface area contributed by atoms with Crippen molar-refractivity contribution in [3.63, 3.8) is 0 Å². The summed E-state index contributed by atoms with van der Waals surface area (Å²) in [5.74, 6) is 0.517. The first kappa shape index (κ1) is 25.3. The van der Waals surface area contributed by atoms with E-state index in [1.54, 1.807) is 36.2 Å². The molecule has 0 aliphatic carbocycles. The number of ether oxygens (including phenoxy) is 1. The zero-order valence-electron chi connectivity index (χ0n) is 17.6. The summed E-state index contributed by atoms with van der Waals surface area (Å²) in [4.78, 5) is 29.8. The van der Waals surface area contributed by atoms with Crippen molar-refractivity contribution in [2.24, 2.45) is 0 Å². The van der Waals surface area contributed by atoms with E-state index < -0.39 is 11.9 Å². The zero-order valence-corrected chi connectivity index (χ0v) is 19.9. The minimum atomic E-state index is -0.701. The van der Waals surface area contributed by atoms with Gasteiger partial charge in [0.1, 0.15) is 6.04 Å². The number of carbonyl (C=O) groups is 2. The molecule has 1 aromatic heterocycles. The van der Waals surface area contributed by atoms with Crippen LogP contribution in [0.1, 0.15) is 42.1 Å². The topological polar surface area (TPSA) is 80.3 Å². The first-order chi connectivity index (χ1) is 15.0. The molecule has 0 radical (unpaired) electrons. The van der Waals surface area contributed by atoms with Crippen molar-refractivity contribution in [3.05, 3.63) is 57.7 Å². The first-order valence-electron chi connectivity index (χ1n) is 10.1. The molecule has 1 unspecified atom stereocenters. The van der Waals surface area contributed by atoms with E-state index in [2.05, 4.69) is 22.5 Å². The van der Waals surface area contributed by atoms with Gasteiger partial charge in [-0.15, -0.1) is 0 Å². The number of amides is 2. The van der Waals surface area contributed by atoms with Crippen LogP contribution in [0.3, 0.4) is 0 Å². The summed E-state index contributed by atoms with van der Waals surface area (Å²) in [6.45, 7) is 2.91. The number of hydrogen-bond acceptors (Lipinski definition) is 5. The van der Waals surface area contributed by atoms with E-state index in [1.165, 1.54) is 6.07 Å². The maximum Gasteiger partial charge on any atom is 0.253 e. The second-order valence-electron chi connectivity index (χ2n) is 6.82. The molecule has 0 fully saturated rings. The summed E-state index contributed by atoms with van der Waals surface area (Å²) in [5.41, 5.74) is 1.05. The normalized spacial score (nSPS) is 11.6. The van der Waals surface area contributed by atoms with E-state index in [9.17, 15) is 9.59 Å². The molecule has 1 heterocycles. The van der Waals surface area contributed by atoms with Crippen molar-refractivity contribution < 1.29 is 14.3 Å². The Morgan fingerprint density at radius 3 is 2.77 bits per heavy atom. The van der Waals surface area contributed by atoms with Crippen LogP contribution in [0.15, 0.2) is 36.5 Å². The molecule has 9 heteroatoms. The highest BCUT2D eigenvalue weighted by Crippen LogP contribution is 2.21. The van der Waals surface area contributed by atoms with E-state index in [4.69, 9.17) is 27.9 Å². The van der Waals surface area contributed by atoms with E-state index in [0.717, 1.165) is 18.4 Å². The summed E-state index contributed by atoms with van der Waals surface area (Å²) in [5, 5.41) is 6.34. The van der Waals surface area contributed by atoms with Gasteiger partial charge in [0.15, 0.2) is 0 Å². The van der Waals surface area contributed by atoms with Crippen molar-refractivity contribution in [3.8, 4) is 5.88 Å². The lowest BCUT2D eigenvalue weighted by Gasteiger charge is -2.19. The number of unbranched alkanes of at least 4 members (excludes halogenated alkanes) is 1. The SMILES string of the molecule is CCCCOc1ncccc1CNC(=O)C(CCSC)NC(=O)c1ccc(Cl)cc1Cl. The van der Waals surface area contributed by atoms with Gasteiger partial charge in [-0.25, -0.2) is 4.98 Å². The molecule has 0 saturated heterocycles. The lowest BCUT2D eigenvalue weighted by atomic mass is 10.1. The Morgan fingerprint density at radius 1 is 1.26 bits per heavy atom. The molecule has 168 valence electrons. The molecule has 2 amide bonds. The molecule has 6 nitrogen and oxygen atoms in total. The Labute approximate surface area is 197 Å². The minimum Gasteiger partial charge on any atom is -0.477 e. The van der Waals surface area contributed by atoms with Gasteiger partial charge in [-0.05, 0) is 49.1 Å². The predicted octanol–water partition coefficient (Wildman–Crippen LogP) is 4.74. The molecule has 2 aromatic rings. The van der Waals surface area contributed by atoms with Gasteiger partial charge in [-0.3, -0.25) is 9.59 Å². The molecular weight excluding hydrogens is 457 g/mol. The van der Waals surface area contributed by atoms with Crippen molar-refractivity contribution >= 4 is 46.8 Å². The summed E-state index contributed by atoms with van der Waals surface area (Å²) in [6.07, 6.45) is 6.04. The fraction of sp³-hybridized carbons (Fsp3) is 0.409. The molecular formula is C22H27Cl2N3O3S. The third-order valence-corrected chi connectivity index (χ3v) is 5.64. The van der Waals surface area contributed by atoms with Crippen LogP contribution in [-0.4, -0.2) is 41.5 Å². The number of pyridine rings is 1. The number of nitrogens with zero attached hydrogens (tertiary/aromatic N) is 1. The quantitative estimate of drug-likeness (QED) is 0.426. The van der Waals surface area contributed by atoms with Gasteiger partial charge in [0, 0.05) is 23.3 Å². The molecule has 0 aliphatic heterocycles. The first-order valence-corrected chi connectivity index (χ1v) is 12.2. The molecule has 2 N–H and O–H groups in total. The lowest BCUT2D eigenvalue weighted by Crippen LogP contribution is -2.47. The van der Waals surface area contributed by atoms with Crippen molar-refractivity contribution in [2.75, 3.05) is 18.6 Å². The van der Waals surface area contributed by atoms with Crippen LogP contribution < -0.4 is 15.4 Å². The Balaban J connectivity index is 2.04. The summed E-state index contributed by atoms with van der Waals surface area (Å²) < 4.78 is 5.72. The van der Waals surface area contributed by atoms with Gasteiger partial charge < -0.3 is 15.4 Å². The molecule has 2 rings (SSSR count). The van der Waals surface area contributed by atoms with Crippen LogP contribution in [0.25, 0.3) is 0 Å². The van der Waals surface area contributed by atoms with E-state index in [0.29, 0.717) is 29.7 Å². The average molecular weight is 484 g/mol. The number of nitrogens with one attached hydrogen (secondary N) is 2. The number of thioether (sulfide) groups is 1. The maximum absolute atomic E-state index is 12.8. The highest BCUT2D eigenvalue weighted by molar-refractivity contribution is 7.98. The number of carbonyl (C=O) groups excluding carboxylic acids is 2. The highest BCUT2D eigenvalue weighted by Gasteiger charge is 2.22. The lowest BCUT2D eigenvalue weighted by molar-refractivity contribution is -0.123. The van der Waals surface area contributed by atoms with Crippen LogP contribution in [0.5, 0.6) is 5.88 Å². The Hall–Kier alpha value is -1.96. The van der Waals surface area contributed by atoms with Crippen molar-refractivity contribution in [1.29, 1.82) is 0 Å². The van der Waals surface area contributed by atoms with Crippen LogP contribution >= 0.6 is 35.0 Å². The van der Waals surface area contributed by atoms with Gasteiger partial charge in [0.05, 0.1) is 17.2 Å². The van der Waals surface area contributed by atoms with E-state index in [1.807, 2.05) is 12.3 Å². The Kier molecular flexibility index (Phi) is 11.0. The number of aromatic nitrogens is 1. The predicted molar refractivity (Wildman–Crippen MR) is 127 cm³/mol. The molecule has 1 aromatic carbocycles. The fourth-order valence-corrected chi connectivity index (χ4v) is 3.69. The minimum absolute atomic E-state index is 0.234. The molecule has 31 heavy (non-hydrogen) atoms. The van der Waals surface area contributed by atoms with E-state index >= 15 is 0 Å². The van der Waals surface area contributed by atoms with Gasteiger partial charge in [0.2, 0.25) is 11.8 Å². The molecule has 0 spiro atoms. The smallest absolute Gasteiger partial charge is 0.253 e. The van der Waals surface area contributed by atoms with Crippen molar-refractivity contribution in [2.45, 2.75) is 38.8 Å². The van der Waals surface area contributed by atoms with Gasteiger partial charge in [0.25, 0.3) is 5.91 Å². The van der Waals surface area contributed by atoms with Crippen molar-refractivity contribution in [1.82, 2.24) is 15.6 Å². The largest absolute Gasteiger partial charge is 0.477 e. The third kappa shape index (κ3) is 8.24.